The minimum atomic E-state index is -0.723. The minimum absolute atomic E-state index is 0.0431. The fraction of sp³-hybridized carbons (Fsp3) is 0.800. The zero-order valence-electron chi connectivity index (χ0n) is 15.3. The molecule has 138 valence electrons. The van der Waals surface area contributed by atoms with E-state index in [1.807, 2.05) is 0 Å². The Balaban J connectivity index is 1.58. The van der Waals surface area contributed by atoms with Gasteiger partial charge in [0.25, 0.3) is 0 Å². The van der Waals surface area contributed by atoms with Gasteiger partial charge in [0.15, 0.2) is 0 Å². The van der Waals surface area contributed by atoms with Crippen molar-refractivity contribution in [2.75, 3.05) is 13.1 Å². The van der Waals surface area contributed by atoms with Gasteiger partial charge < -0.3 is 14.9 Å². The topological polar surface area (TPSA) is 75.4 Å². The first kappa shape index (κ1) is 17.1. The minimum Gasteiger partial charge on any atom is -0.481 e. The molecule has 1 saturated heterocycles. The summed E-state index contributed by atoms with van der Waals surface area (Å²) in [5.74, 6) is 2.53. The van der Waals surface area contributed by atoms with Crippen molar-refractivity contribution in [1.29, 1.82) is 0 Å². The molecule has 5 nitrogen and oxygen atoms in total. The Labute approximate surface area is 149 Å². The number of nitrogens with zero attached hydrogens (tertiary/aromatic N) is 1. The molecule has 4 atom stereocenters. The van der Waals surface area contributed by atoms with Crippen molar-refractivity contribution < 1.29 is 14.4 Å². The SMILES string of the molecule is CC(C)CC1CCC(c2onc([C@H]3CNCC3C(=O)O)c2C2CC2)C1. The highest BCUT2D eigenvalue weighted by molar-refractivity contribution is 5.72. The number of carboxylic acid groups (broad SMARTS) is 1. The van der Waals surface area contributed by atoms with Gasteiger partial charge in [-0.05, 0) is 56.3 Å². The smallest absolute Gasteiger partial charge is 0.308 e. The summed E-state index contributed by atoms with van der Waals surface area (Å²) in [6.07, 6.45) is 7.37. The second-order valence-corrected chi connectivity index (χ2v) is 8.84. The van der Waals surface area contributed by atoms with E-state index in [4.69, 9.17) is 4.52 Å². The average molecular weight is 346 g/mol. The third-order valence-electron chi connectivity index (χ3n) is 6.37. The second kappa shape index (κ2) is 6.75. The number of aromatic nitrogens is 1. The molecule has 2 aliphatic carbocycles. The number of aliphatic carboxylic acids is 1. The lowest BCUT2D eigenvalue weighted by atomic mass is 9.86. The van der Waals surface area contributed by atoms with Gasteiger partial charge in [-0.15, -0.1) is 0 Å². The maximum absolute atomic E-state index is 11.6. The molecule has 2 N–H and O–H groups in total. The standard InChI is InChI=1S/C20H30N2O3/c1-11(2)7-12-3-4-14(8-12)19-17(13-5-6-13)18(22-25-19)15-9-21-10-16(15)20(23)24/h11-16,21H,3-10H2,1-2H3,(H,23,24)/t12?,14?,15-,16?/m0/s1. The van der Waals surface area contributed by atoms with Gasteiger partial charge >= 0.3 is 5.97 Å². The van der Waals surface area contributed by atoms with Crippen molar-refractivity contribution in [3.63, 3.8) is 0 Å². The Morgan fingerprint density at radius 1 is 1.24 bits per heavy atom. The first-order valence-electron chi connectivity index (χ1n) is 9.97. The van der Waals surface area contributed by atoms with Gasteiger partial charge in [0.05, 0.1) is 11.6 Å². The van der Waals surface area contributed by atoms with E-state index in [0.29, 0.717) is 24.9 Å². The maximum atomic E-state index is 11.6. The predicted molar refractivity (Wildman–Crippen MR) is 94.8 cm³/mol. The van der Waals surface area contributed by atoms with E-state index >= 15 is 0 Å². The van der Waals surface area contributed by atoms with Gasteiger partial charge in [-0.25, -0.2) is 0 Å². The monoisotopic (exact) mass is 346 g/mol. The maximum Gasteiger partial charge on any atom is 0.308 e. The van der Waals surface area contributed by atoms with Crippen molar-refractivity contribution in [1.82, 2.24) is 10.5 Å². The van der Waals surface area contributed by atoms with Crippen LogP contribution in [0, 0.1) is 17.8 Å². The summed E-state index contributed by atoms with van der Waals surface area (Å²) in [6, 6.07) is 0. The molecule has 1 aliphatic heterocycles. The zero-order valence-corrected chi connectivity index (χ0v) is 15.3. The molecule has 0 amide bonds. The summed E-state index contributed by atoms with van der Waals surface area (Å²) in [4.78, 5) is 11.6. The number of nitrogens with one attached hydrogen (secondary N) is 1. The van der Waals surface area contributed by atoms with E-state index < -0.39 is 5.97 Å². The lowest BCUT2D eigenvalue weighted by Gasteiger charge is -2.15. The van der Waals surface area contributed by atoms with Crippen LogP contribution in [-0.2, 0) is 4.79 Å². The summed E-state index contributed by atoms with van der Waals surface area (Å²) < 4.78 is 5.90. The number of rotatable bonds is 6. The summed E-state index contributed by atoms with van der Waals surface area (Å²) in [5.41, 5.74) is 2.23. The van der Waals surface area contributed by atoms with E-state index in [-0.39, 0.29) is 11.8 Å². The highest BCUT2D eigenvalue weighted by atomic mass is 16.5. The summed E-state index contributed by atoms with van der Waals surface area (Å²) in [7, 11) is 0. The van der Waals surface area contributed by atoms with Crippen LogP contribution in [0.5, 0.6) is 0 Å². The molecule has 2 heterocycles. The molecular formula is C20H30N2O3. The number of carbonyl (C=O) groups is 1. The Morgan fingerprint density at radius 2 is 2.00 bits per heavy atom. The number of carboxylic acids is 1. The summed E-state index contributed by atoms with van der Waals surface area (Å²) in [5, 5.41) is 17.2. The third-order valence-corrected chi connectivity index (χ3v) is 6.37. The Kier molecular flexibility index (Phi) is 4.61. The molecule has 3 fully saturated rings. The van der Waals surface area contributed by atoms with E-state index in [9.17, 15) is 9.90 Å². The van der Waals surface area contributed by atoms with Crippen LogP contribution in [0.2, 0.25) is 0 Å². The largest absolute Gasteiger partial charge is 0.481 e. The molecule has 4 rings (SSSR count). The molecule has 3 unspecified atom stereocenters. The van der Waals surface area contributed by atoms with Crippen LogP contribution < -0.4 is 5.32 Å². The molecular weight excluding hydrogens is 316 g/mol. The Morgan fingerprint density at radius 3 is 2.68 bits per heavy atom. The van der Waals surface area contributed by atoms with E-state index in [1.165, 1.54) is 44.1 Å². The molecule has 2 saturated carbocycles. The van der Waals surface area contributed by atoms with Crippen LogP contribution in [-0.4, -0.2) is 29.3 Å². The van der Waals surface area contributed by atoms with Crippen LogP contribution in [0.3, 0.4) is 0 Å². The first-order valence-corrected chi connectivity index (χ1v) is 9.97. The number of hydrogen-bond donors (Lipinski definition) is 2. The lowest BCUT2D eigenvalue weighted by Crippen LogP contribution is -2.22. The third kappa shape index (κ3) is 3.35. The van der Waals surface area contributed by atoms with Gasteiger partial charge in [0, 0.05) is 30.5 Å². The van der Waals surface area contributed by atoms with Gasteiger partial charge in [-0.1, -0.05) is 19.0 Å². The first-order chi connectivity index (χ1) is 12.0. The molecule has 0 bridgehead atoms. The van der Waals surface area contributed by atoms with Gasteiger partial charge in [0.2, 0.25) is 0 Å². The second-order valence-electron chi connectivity index (χ2n) is 8.84. The van der Waals surface area contributed by atoms with Crippen LogP contribution >= 0.6 is 0 Å². The van der Waals surface area contributed by atoms with E-state index in [0.717, 1.165) is 23.3 Å². The van der Waals surface area contributed by atoms with Gasteiger partial charge in [0.1, 0.15) is 5.76 Å². The lowest BCUT2D eigenvalue weighted by molar-refractivity contribution is -0.141. The highest BCUT2D eigenvalue weighted by Gasteiger charge is 2.43. The normalized spacial score (nSPS) is 32.6. The molecule has 1 aromatic heterocycles. The van der Waals surface area contributed by atoms with Crippen LogP contribution in [0.4, 0.5) is 0 Å². The van der Waals surface area contributed by atoms with Crippen LogP contribution in [0.25, 0.3) is 0 Å². The van der Waals surface area contributed by atoms with Crippen molar-refractivity contribution in [2.24, 2.45) is 17.8 Å². The Hall–Kier alpha value is -1.36. The molecule has 5 heteroatoms. The van der Waals surface area contributed by atoms with Gasteiger partial charge in [-0.2, -0.15) is 0 Å². The van der Waals surface area contributed by atoms with Crippen molar-refractivity contribution in [3.8, 4) is 0 Å². The van der Waals surface area contributed by atoms with Crippen molar-refractivity contribution in [3.05, 3.63) is 17.0 Å². The van der Waals surface area contributed by atoms with Crippen molar-refractivity contribution in [2.45, 2.75) is 70.1 Å². The van der Waals surface area contributed by atoms with E-state index in [2.05, 4.69) is 24.3 Å². The molecule has 0 radical (unpaired) electrons. The zero-order chi connectivity index (χ0) is 17.6. The summed E-state index contributed by atoms with van der Waals surface area (Å²) in [6.45, 7) is 5.83. The molecule has 3 aliphatic rings. The fourth-order valence-corrected chi connectivity index (χ4v) is 5.09. The van der Waals surface area contributed by atoms with E-state index in [1.54, 1.807) is 0 Å². The predicted octanol–water partition coefficient (Wildman–Crippen LogP) is 3.87. The fourth-order valence-electron chi connectivity index (χ4n) is 5.09. The average Bonchev–Trinajstić information content (AvgIpc) is 3.00. The molecule has 1 aromatic rings. The molecule has 25 heavy (non-hydrogen) atoms. The highest BCUT2D eigenvalue weighted by Crippen LogP contribution is 2.51. The molecule has 0 spiro atoms. The van der Waals surface area contributed by atoms with Gasteiger partial charge in [-0.3, -0.25) is 4.79 Å². The summed E-state index contributed by atoms with van der Waals surface area (Å²) >= 11 is 0. The quantitative estimate of drug-likeness (QED) is 0.818. The molecule has 0 aromatic carbocycles. The van der Waals surface area contributed by atoms with Crippen LogP contribution in [0.1, 0.15) is 87.1 Å². The Bertz CT molecular complexity index is 635. The van der Waals surface area contributed by atoms with Crippen LogP contribution in [0.15, 0.2) is 4.52 Å². The number of hydrogen-bond acceptors (Lipinski definition) is 4. The van der Waals surface area contributed by atoms with Crippen molar-refractivity contribution >= 4 is 5.97 Å².